The monoisotopic (exact) mass is 167 g/mol. The molecule has 1 N–H and O–H groups in total. The molecule has 0 aromatic carbocycles. The van der Waals surface area contributed by atoms with Crippen LogP contribution in [0, 0.1) is 12.8 Å². The number of rotatable bonds is 3. The molecule has 0 aliphatic carbocycles. The number of carbonyl (C=O) groups is 1. The lowest BCUT2D eigenvalue weighted by atomic mass is 10.0. The van der Waals surface area contributed by atoms with E-state index in [0.29, 0.717) is 23.7 Å². The minimum Gasteiger partial charge on any atom is -0.292 e. The van der Waals surface area contributed by atoms with Crippen LogP contribution in [-0.2, 0) is 0 Å². The highest BCUT2D eigenvalue weighted by Crippen LogP contribution is 2.08. The molecular weight excluding hydrogens is 154 g/mol. The van der Waals surface area contributed by atoms with Crippen molar-refractivity contribution >= 4 is 5.78 Å². The number of H-pyrrole nitrogens is 1. The predicted octanol–water partition coefficient (Wildman–Crippen LogP) is 1.34. The molecule has 1 aromatic heterocycles. The summed E-state index contributed by atoms with van der Waals surface area (Å²) in [5.74, 6) is 0.435. The largest absolute Gasteiger partial charge is 0.292 e. The highest BCUT2D eigenvalue weighted by molar-refractivity contribution is 5.95. The van der Waals surface area contributed by atoms with Crippen molar-refractivity contribution < 1.29 is 4.79 Å². The van der Waals surface area contributed by atoms with Gasteiger partial charge < -0.3 is 0 Å². The Bertz CT molecular complexity index is 278. The van der Waals surface area contributed by atoms with E-state index in [0.717, 1.165) is 0 Å². The van der Waals surface area contributed by atoms with Crippen LogP contribution in [0.1, 0.15) is 36.5 Å². The highest BCUT2D eigenvalue weighted by Gasteiger charge is 2.13. The van der Waals surface area contributed by atoms with Crippen LogP contribution >= 0.6 is 0 Å². The van der Waals surface area contributed by atoms with Crippen LogP contribution in [0.3, 0.4) is 0 Å². The molecule has 66 valence electrons. The van der Waals surface area contributed by atoms with Crippen LogP contribution in [0.4, 0.5) is 0 Å². The predicted molar refractivity (Wildman–Crippen MR) is 44.9 cm³/mol. The van der Waals surface area contributed by atoms with E-state index in [1.165, 1.54) is 0 Å². The lowest BCUT2D eigenvalue weighted by Crippen LogP contribution is -2.05. The SMILES string of the molecule is Cc1n[nH]nc1C(=O)CC(C)C. The van der Waals surface area contributed by atoms with E-state index in [2.05, 4.69) is 15.4 Å². The van der Waals surface area contributed by atoms with Crippen molar-refractivity contribution in [2.75, 3.05) is 0 Å². The van der Waals surface area contributed by atoms with Gasteiger partial charge in [0.25, 0.3) is 0 Å². The number of Topliss-reactive ketones (excluding diaryl/α,β-unsaturated/α-hetero) is 1. The number of hydrogen-bond acceptors (Lipinski definition) is 3. The molecule has 0 aliphatic heterocycles. The number of nitrogens with one attached hydrogen (secondary N) is 1. The van der Waals surface area contributed by atoms with Crippen LogP contribution in [0.5, 0.6) is 0 Å². The minimum absolute atomic E-state index is 0.0660. The van der Waals surface area contributed by atoms with Gasteiger partial charge in [-0.1, -0.05) is 13.8 Å². The van der Waals surface area contributed by atoms with Gasteiger partial charge in [-0.25, -0.2) is 0 Å². The van der Waals surface area contributed by atoms with Crippen molar-refractivity contribution in [1.29, 1.82) is 0 Å². The van der Waals surface area contributed by atoms with Crippen molar-refractivity contribution in [1.82, 2.24) is 15.4 Å². The lowest BCUT2D eigenvalue weighted by Gasteiger charge is -2.00. The fourth-order valence-corrected chi connectivity index (χ4v) is 1.02. The van der Waals surface area contributed by atoms with Gasteiger partial charge in [0.05, 0.1) is 5.69 Å². The second-order valence-corrected chi connectivity index (χ2v) is 3.28. The maximum atomic E-state index is 11.4. The zero-order chi connectivity index (χ0) is 9.14. The number of aryl methyl sites for hydroxylation is 1. The third kappa shape index (κ3) is 1.90. The topological polar surface area (TPSA) is 58.6 Å². The Morgan fingerprint density at radius 2 is 2.17 bits per heavy atom. The van der Waals surface area contributed by atoms with Crippen molar-refractivity contribution in [3.63, 3.8) is 0 Å². The van der Waals surface area contributed by atoms with Crippen molar-refractivity contribution in [2.24, 2.45) is 5.92 Å². The Balaban J connectivity index is 2.72. The third-order valence-corrected chi connectivity index (χ3v) is 1.58. The number of aromatic amines is 1. The molecule has 0 saturated carbocycles. The quantitative estimate of drug-likeness (QED) is 0.691. The summed E-state index contributed by atoms with van der Waals surface area (Å²) in [5.41, 5.74) is 1.16. The van der Waals surface area contributed by atoms with Gasteiger partial charge in [0, 0.05) is 6.42 Å². The van der Waals surface area contributed by atoms with E-state index in [9.17, 15) is 4.79 Å². The molecule has 0 bridgehead atoms. The van der Waals surface area contributed by atoms with Crippen LogP contribution in [-0.4, -0.2) is 21.2 Å². The maximum Gasteiger partial charge on any atom is 0.185 e. The van der Waals surface area contributed by atoms with Crippen LogP contribution in [0.25, 0.3) is 0 Å². The summed E-state index contributed by atoms with van der Waals surface area (Å²) in [6, 6.07) is 0. The molecule has 0 fully saturated rings. The summed E-state index contributed by atoms with van der Waals surface area (Å²) in [7, 11) is 0. The van der Waals surface area contributed by atoms with E-state index in [4.69, 9.17) is 0 Å². The van der Waals surface area contributed by atoms with E-state index < -0.39 is 0 Å². The van der Waals surface area contributed by atoms with Crippen molar-refractivity contribution in [3.05, 3.63) is 11.4 Å². The fourth-order valence-electron chi connectivity index (χ4n) is 1.02. The third-order valence-electron chi connectivity index (χ3n) is 1.58. The molecule has 1 heterocycles. The lowest BCUT2D eigenvalue weighted by molar-refractivity contribution is 0.0962. The zero-order valence-electron chi connectivity index (χ0n) is 7.59. The molecule has 1 rings (SSSR count). The second-order valence-electron chi connectivity index (χ2n) is 3.28. The van der Waals surface area contributed by atoms with Gasteiger partial charge in [-0.3, -0.25) is 4.79 Å². The smallest absolute Gasteiger partial charge is 0.185 e. The standard InChI is InChI=1S/C8H13N3O/c1-5(2)4-7(12)8-6(3)9-11-10-8/h5H,4H2,1-3H3,(H,9,10,11). The van der Waals surface area contributed by atoms with Gasteiger partial charge in [0.2, 0.25) is 0 Å². The van der Waals surface area contributed by atoms with Gasteiger partial charge in [-0.15, -0.1) is 0 Å². The fraction of sp³-hybridized carbons (Fsp3) is 0.625. The van der Waals surface area contributed by atoms with Gasteiger partial charge in [-0.05, 0) is 12.8 Å². The first-order valence-corrected chi connectivity index (χ1v) is 4.02. The molecule has 0 radical (unpaired) electrons. The Labute approximate surface area is 71.4 Å². The Morgan fingerprint density at radius 1 is 1.50 bits per heavy atom. The molecule has 0 amide bonds. The van der Waals surface area contributed by atoms with Crippen LogP contribution < -0.4 is 0 Å². The molecule has 1 aromatic rings. The summed E-state index contributed by atoms with van der Waals surface area (Å²) in [6.45, 7) is 5.79. The second kappa shape index (κ2) is 3.47. The molecule has 0 unspecified atom stereocenters. The first kappa shape index (κ1) is 8.90. The van der Waals surface area contributed by atoms with Crippen molar-refractivity contribution in [2.45, 2.75) is 27.2 Å². The number of carbonyl (C=O) groups excluding carboxylic acids is 1. The first-order valence-electron chi connectivity index (χ1n) is 4.02. The number of nitrogens with zero attached hydrogens (tertiary/aromatic N) is 2. The normalized spacial score (nSPS) is 10.7. The zero-order valence-corrected chi connectivity index (χ0v) is 7.59. The minimum atomic E-state index is 0.0660. The van der Waals surface area contributed by atoms with Crippen LogP contribution in [0.2, 0.25) is 0 Å². The maximum absolute atomic E-state index is 11.4. The average molecular weight is 167 g/mol. The molecule has 0 spiro atoms. The number of ketones is 1. The van der Waals surface area contributed by atoms with E-state index >= 15 is 0 Å². The molecule has 12 heavy (non-hydrogen) atoms. The Hall–Kier alpha value is -1.19. The highest BCUT2D eigenvalue weighted by atomic mass is 16.1. The van der Waals surface area contributed by atoms with Gasteiger partial charge >= 0.3 is 0 Å². The molecule has 0 aliphatic rings. The molecule has 0 atom stereocenters. The molecule has 4 heteroatoms. The Morgan fingerprint density at radius 3 is 2.58 bits per heavy atom. The van der Waals surface area contributed by atoms with E-state index in [1.807, 2.05) is 13.8 Å². The summed E-state index contributed by atoms with van der Waals surface area (Å²) in [5, 5.41) is 10.0. The van der Waals surface area contributed by atoms with Crippen molar-refractivity contribution in [3.8, 4) is 0 Å². The summed E-state index contributed by atoms with van der Waals surface area (Å²) < 4.78 is 0. The summed E-state index contributed by atoms with van der Waals surface area (Å²) in [6.07, 6.45) is 0.535. The van der Waals surface area contributed by atoms with Gasteiger partial charge in [0.1, 0.15) is 0 Å². The van der Waals surface area contributed by atoms with Crippen LogP contribution in [0.15, 0.2) is 0 Å². The summed E-state index contributed by atoms with van der Waals surface area (Å²) >= 11 is 0. The Kier molecular flexibility index (Phi) is 2.58. The van der Waals surface area contributed by atoms with Gasteiger partial charge in [-0.2, -0.15) is 15.4 Å². The molecule has 4 nitrogen and oxygen atoms in total. The average Bonchev–Trinajstić information content (AvgIpc) is 2.33. The van der Waals surface area contributed by atoms with E-state index in [-0.39, 0.29) is 5.78 Å². The first-order chi connectivity index (χ1) is 5.61. The number of hydrogen-bond donors (Lipinski definition) is 1. The van der Waals surface area contributed by atoms with Gasteiger partial charge in [0.15, 0.2) is 11.5 Å². The molecule has 0 saturated heterocycles. The molecular formula is C8H13N3O. The summed E-state index contributed by atoms with van der Waals surface area (Å²) in [4.78, 5) is 11.4. The van der Waals surface area contributed by atoms with E-state index in [1.54, 1.807) is 6.92 Å². The number of aromatic nitrogens is 3.